The van der Waals surface area contributed by atoms with E-state index in [0.717, 1.165) is 15.6 Å². The number of rotatable bonds is 1. The van der Waals surface area contributed by atoms with Crippen molar-refractivity contribution in [1.82, 2.24) is 10.2 Å². The molecule has 1 N–H and O–H groups in total. The highest BCUT2D eigenvalue weighted by atomic mass is 79.9. The summed E-state index contributed by atoms with van der Waals surface area (Å²) < 4.78 is 1.03. The molecule has 2 rings (SSSR count). The van der Waals surface area contributed by atoms with E-state index in [0.29, 0.717) is 5.15 Å². The third-order valence-electron chi connectivity index (χ3n) is 1.73. The number of halogens is 2. The molecule has 1 aromatic heterocycles. The van der Waals surface area contributed by atoms with Gasteiger partial charge in [0.05, 0.1) is 6.20 Å². The van der Waals surface area contributed by atoms with Crippen molar-refractivity contribution in [3.63, 3.8) is 0 Å². The van der Waals surface area contributed by atoms with E-state index in [1.807, 2.05) is 24.3 Å². The van der Waals surface area contributed by atoms with Crippen molar-refractivity contribution in [3.05, 3.63) is 40.1 Å². The molecule has 1 heterocycles. The highest BCUT2D eigenvalue weighted by Gasteiger charge is 2.04. The van der Waals surface area contributed by atoms with Gasteiger partial charge in [0.2, 0.25) is 0 Å². The zero-order chi connectivity index (χ0) is 9.26. The molecule has 0 amide bonds. The maximum Gasteiger partial charge on any atom is 0.132 e. The average Bonchev–Trinajstić information content (AvgIpc) is 2.51. The first-order valence-corrected chi connectivity index (χ1v) is 4.89. The lowest BCUT2D eigenvalue weighted by Crippen LogP contribution is -1.74. The molecule has 2 aromatic rings. The van der Waals surface area contributed by atoms with Gasteiger partial charge >= 0.3 is 0 Å². The van der Waals surface area contributed by atoms with Crippen LogP contribution in [-0.4, -0.2) is 10.2 Å². The van der Waals surface area contributed by atoms with Crippen molar-refractivity contribution in [2.24, 2.45) is 0 Å². The van der Waals surface area contributed by atoms with Crippen LogP contribution in [-0.2, 0) is 0 Å². The Bertz CT molecular complexity index is 425. The SMILES string of the molecule is Clc1[nH]ncc1-c1cccc(Br)c1. The van der Waals surface area contributed by atoms with E-state index in [1.54, 1.807) is 6.20 Å². The van der Waals surface area contributed by atoms with Crippen molar-refractivity contribution in [2.45, 2.75) is 0 Å². The fourth-order valence-corrected chi connectivity index (χ4v) is 1.73. The van der Waals surface area contributed by atoms with E-state index in [4.69, 9.17) is 11.6 Å². The van der Waals surface area contributed by atoms with Crippen LogP contribution < -0.4 is 0 Å². The fourth-order valence-electron chi connectivity index (χ4n) is 1.13. The van der Waals surface area contributed by atoms with Gasteiger partial charge in [-0.3, -0.25) is 5.10 Å². The Morgan fingerprint density at radius 2 is 2.23 bits per heavy atom. The maximum atomic E-state index is 5.89. The van der Waals surface area contributed by atoms with Crippen molar-refractivity contribution >= 4 is 27.5 Å². The highest BCUT2D eigenvalue weighted by Crippen LogP contribution is 2.27. The van der Waals surface area contributed by atoms with Gasteiger partial charge in [-0.25, -0.2) is 0 Å². The molecule has 0 aliphatic rings. The van der Waals surface area contributed by atoms with Gasteiger partial charge < -0.3 is 0 Å². The van der Waals surface area contributed by atoms with Crippen LogP contribution in [0, 0.1) is 0 Å². The van der Waals surface area contributed by atoms with Gasteiger partial charge in [-0.1, -0.05) is 39.7 Å². The molecular weight excluding hydrogens is 251 g/mol. The summed E-state index contributed by atoms with van der Waals surface area (Å²) >= 11 is 9.29. The quantitative estimate of drug-likeness (QED) is 0.832. The minimum absolute atomic E-state index is 0.568. The van der Waals surface area contributed by atoms with Crippen LogP contribution in [0.1, 0.15) is 0 Å². The number of nitrogens with one attached hydrogen (secondary N) is 1. The molecule has 2 nitrogen and oxygen atoms in total. The van der Waals surface area contributed by atoms with Gasteiger partial charge in [-0.2, -0.15) is 5.10 Å². The third kappa shape index (κ3) is 1.76. The van der Waals surface area contributed by atoms with Crippen LogP contribution >= 0.6 is 27.5 Å². The molecule has 0 atom stereocenters. The van der Waals surface area contributed by atoms with Crippen LogP contribution in [0.5, 0.6) is 0 Å². The zero-order valence-electron chi connectivity index (χ0n) is 6.59. The molecule has 4 heteroatoms. The molecule has 13 heavy (non-hydrogen) atoms. The predicted octanol–water partition coefficient (Wildman–Crippen LogP) is 3.49. The second-order valence-electron chi connectivity index (χ2n) is 2.61. The Kier molecular flexibility index (Phi) is 2.38. The van der Waals surface area contributed by atoms with Gasteiger partial charge in [-0.05, 0) is 17.7 Å². The molecule has 0 unspecified atom stereocenters. The number of hydrogen-bond acceptors (Lipinski definition) is 1. The lowest BCUT2D eigenvalue weighted by molar-refractivity contribution is 1.09. The molecule has 1 aromatic carbocycles. The number of H-pyrrole nitrogens is 1. The van der Waals surface area contributed by atoms with Crippen LogP contribution in [0.25, 0.3) is 11.1 Å². The van der Waals surface area contributed by atoms with Gasteiger partial charge in [0, 0.05) is 10.0 Å². The van der Waals surface area contributed by atoms with Crippen molar-refractivity contribution in [1.29, 1.82) is 0 Å². The van der Waals surface area contributed by atoms with E-state index in [9.17, 15) is 0 Å². The predicted molar refractivity (Wildman–Crippen MR) is 56.7 cm³/mol. The Morgan fingerprint density at radius 1 is 1.38 bits per heavy atom. The fraction of sp³-hybridized carbons (Fsp3) is 0. The van der Waals surface area contributed by atoms with Crippen LogP contribution in [0.4, 0.5) is 0 Å². The molecular formula is C9H6BrClN2. The molecule has 0 saturated heterocycles. The molecule has 0 bridgehead atoms. The smallest absolute Gasteiger partial charge is 0.132 e. The summed E-state index contributed by atoms with van der Waals surface area (Å²) in [5.41, 5.74) is 1.97. The third-order valence-corrected chi connectivity index (χ3v) is 2.51. The summed E-state index contributed by atoms with van der Waals surface area (Å²) in [6, 6.07) is 7.92. The summed E-state index contributed by atoms with van der Waals surface area (Å²) in [7, 11) is 0. The number of benzene rings is 1. The minimum Gasteiger partial charge on any atom is -0.267 e. The molecule has 0 aliphatic carbocycles. The summed E-state index contributed by atoms with van der Waals surface area (Å²) in [5, 5.41) is 7.11. The second kappa shape index (κ2) is 3.52. The van der Waals surface area contributed by atoms with Gasteiger partial charge in [-0.15, -0.1) is 0 Å². The van der Waals surface area contributed by atoms with Gasteiger partial charge in [0.25, 0.3) is 0 Å². The number of aromatic amines is 1. The van der Waals surface area contributed by atoms with Crippen LogP contribution in [0.2, 0.25) is 5.15 Å². The van der Waals surface area contributed by atoms with E-state index < -0.39 is 0 Å². The van der Waals surface area contributed by atoms with E-state index in [1.165, 1.54) is 0 Å². The number of nitrogens with zero attached hydrogens (tertiary/aromatic N) is 1. The number of aromatic nitrogens is 2. The minimum atomic E-state index is 0.568. The topological polar surface area (TPSA) is 28.7 Å². The second-order valence-corrected chi connectivity index (χ2v) is 3.90. The first kappa shape index (κ1) is 8.78. The van der Waals surface area contributed by atoms with Crippen molar-refractivity contribution in [3.8, 4) is 11.1 Å². The van der Waals surface area contributed by atoms with E-state index in [2.05, 4.69) is 26.1 Å². The number of hydrogen-bond donors (Lipinski definition) is 1. The van der Waals surface area contributed by atoms with Crippen LogP contribution in [0.15, 0.2) is 34.9 Å². The Morgan fingerprint density at radius 3 is 2.85 bits per heavy atom. The maximum absolute atomic E-state index is 5.89. The van der Waals surface area contributed by atoms with Crippen LogP contribution in [0.3, 0.4) is 0 Å². The summed E-state index contributed by atoms with van der Waals surface area (Å²) in [6.07, 6.45) is 1.71. The largest absolute Gasteiger partial charge is 0.267 e. The first-order chi connectivity index (χ1) is 6.27. The average molecular weight is 258 g/mol. The van der Waals surface area contributed by atoms with Gasteiger partial charge in [0.1, 0.15) is 5.15 Å². The summed E-state index contributed by atoms with van der Waals surface area (Å²) in [6.45, 7) is 0. The summed E-state index contributed by atoms with van der Waals surface area (Å²) in [4.78, 5) is 0. The van der Waals surface area contributed by atoms with Gasteiger partial charge in [0.15, 0.2) is 0 Å². The van der Waals surface area contributed by atoms with Crippen molar-refractivity contribution in [2.75, 3.05) is 0 Å². The molecule has 0 fully saturated rings. The Hall–Kier alpha value is -0.800. The zero-order valence-corrected chi connectivity index (χ0v) is 8.93. The monoisotopic (exact) mass is 256 g/mol. The van der Waals surface area contributed by atoms with E-state index >= 15 is 0 Å². The lowest BCUT2D eigenvalue weighted by atomic mass is 10.1. The highest BCUT2D eigenvalue weighted by molar-refractivity contribution is 9.10. The molecule has 0 saturated carbocycles. The summed E-state index contributed by atoms with van der Waals surface area (Å²) in [5.74, 6) is 0. The lowest BCUT2D eigenvalue weighted by Gasteiger charge is -1.97. The van der Waals surface area contributed by atoms with Crippen molar-refractivity contribution < 1.29 is 0 Å². The molecule has 0 aliphatic heterocycles. The first-order valence-electron chi connectivity index (χ1n) is 3.72. The molecule has 0 radical (unpaired) electrons. The van der Waals surface area contributed by atoms with E-state index in [-0.39, 0.29) is 0 Å². The standard InChI is InChI=1S/C9H6BrClN2/c10-7-3-1-2-6(4-7)8-5-12-13-9(8)11/h1-5H,(H,12,13). The Labute approximate surface area is 89.1 Å². The molecule has 0 spiro atoms. The normalized spacial score (nSPS) is 10.3. The molecule has 66 valence electrons. The Balaban J connectivity index is 2.53.